The minimum atomic E-state index is 0.0533. The van der Waals surface area contributed by atoms with Crippen molar-refractivity contribution in [1.82, 2.24) is 0 Å². The highest BCUT2D eigenvalue weighted by Crippen LogP contribution is 2.42. The summed E-state index contributed by atoms with van der Waals surface area (Å²) in [5.74, 6) is 3.10. The van der Waals surface area contributed by atoms with Crippen molar-refractivity contribution < 1.29 is 9.53 Å². The van der Waals surface area contributed by atoms with Gasteiger partial charge in [0.05, 0.1) is 12.5 Å². The minimum absolute atomic E-state index is 0.0533. The number of ether oxygens (including phenoxy) is 1. The molecule has 0 radical (unpaired) electrons. The summed E-state index contributed by atoms with van der Waals surface area (Å²) in [5.41, 5.74) is 0. The molecule has 2 saturated carbocycles. The molecule has 0 heterocycles. The molecule has 0 aliphatic heterocycles. The predicted molar refractivity (Wildman–Crippen MR) is 82.4 cm³/mol. The first-order chi connectivity index (χ1) is 9.74. The van der Waals surface area contributed by atoms with Crippen molar-refractivity contribution in [3.63, 3.8) is 0 Å². The Morgan fingerprint density at radius 3 is 1.95 bits per heavy atom. The third-order valence-electron chi connectivity index (χ3n) is 5.65. The van der Waals surface area contributed by atoms with E-state index in [1.807, 2.05) is 6.92 Å². The number of carbonyl (C=O) groups is 1. The molecular formula is C18H32O2. The number of hydrogen-bond acceptors (Lipinski definition) is 2. The molecule has 0 N–H and O–H groups in total. The van der Waals surface area contributed by atoms with Crippen molar-refractivity contribution in [1.29, 1.82) is 0 Å². The monoisotopic (exact) mass is 280 g/mol. The lowest BCUT2D eigenvalue weighted by molar-refractivity contribution is -0.149. The lowest BCUT2D eigenvalue weighted by Gasteiger charge is -2.37. The highest BCUT2D eigenvalue weighted by atomic mass is 16.5. The second-order valence-electron chi connectivity index (χ2n) is 6.93. The van der Waals surface area contributed by atoms with Gasteiger partial charge in [-0.25, -0.2) is 0 Å². The third kappa shape index (κ3) is 4.23. The van der Waals surface area contributed by atoms with E-state index in [9.17, 15) is 4.79 Å². The Morgan fingerprint density at radius 1 is 0.900 bits per heavy atom. The Morgan fingerprint density at radius 2 is 1.45 bits per heavy atom. The Bertz CT molecular complexity index is 284. The van der Waals surface area contributed by atoms with Crippen LogP contribution in [-0.2, 0) is 9.53 Å². The predicted octanol–water partition coefficient (Wildman–Crippen LogP) is 4.96. The molecule has 0 aromatic carbocycles. The first kappa shape index (κ1) is 15.9. The molecule has 2 heteroatoms. The topological polar surface area (TPSA) is 26.3 Å². The highest BCUT2D eigenvalue weighted by Gasteiger charge is 2.33. The Balaban J connectivity index is 1.70. The fourth-order valence-corrected chi connectivity index (χ4v) is 4.44. The normalized spacial score (nSPS) is 34.7. The van der Waals surface area contributed by atoms with Crippen LogP contribution < -0.4 is 0 Å². The zero-order valence-electron chi connectivity index (χ0n) is 13.4. The summed E-state index contributed by atoms with van der Waals surface area (Å²) in [6, 6.07) is 0. The maximum Gasteiger partial charge on any atom is 0.308 e. The second kappa shape index (κ2) is 8.05. The van der Waals surface area contributed by atoms with Crippen molar-refractivity contribution in [3.8, 4) is 0 Å². The van der Waals surface area contributed by atoms with E-state index in [1.54, 1.807) is 0 Å². The van der Waals surface area contributed by atoms with Gasteiger partial charge in [-0.05, 0) is 63.2 Å². The molecule has 0 saturated heterocycles. The summed E-state index contributed by atoms with van der Waals surface area (Å²) in [7, 11) is 0. The van der Waals surface area contributed by atoms with Crippen LogP contribution in [0.1, 0.15) is 78.1 Å². The van der Waals surface area contributed by atoms with E-state index >= 15 is 0 Å². The molecule has 2 nitrogen and oxygen atoms in total. The zero-order chi connectivity index (χ0) is 14.4. The second-order valence-corrected chi connectivity index (χ2v) is 6.93. The summed E-state index contributed by atoms with van der Waals surface area (Å²) >= 11 is 0. The number of rotatable bonds is 5. The van der Waals surface area contributed by atoms with Crippen molar-refractivity contribution >= 4 is 5.97 Å². The smallest absolute Gasteiger partial charge is 0.308 e. The van der Waals surface area contributed by atoms with Crippen molar-refractivity contribution in [3.05, 3.63) is 0 Å². The first-order valence-electron chi connectivity index (χ1n) is 8.91. The van der Waals surface area contributed by atoms with Gasteiger partial charge in [0.2, 0.25) is 0 Å². The molecule has 2 aliphatic carbocycles. The molecule has 0 aromatic rings. The largest absolute Gasteiger partial charge is 0.466 e. The van der Waals surface area contributed by atoms with Crippen molar-refractivity contribution in [2.45, 2.75) is 78.1 Å². The van der Waals surface area contributed by atoms with Gasteiger partial charge in [-0.3, -0.25) is 4.79 Å². The zero-order valence-corrected chi connectivity index (χ0v) is 13.4. The summed E-state index contributed by atoms with van der Waals surface area (Å²) in [6.07, 6.45) is 13.2. The van der Waals surface area contributed by atoms with Crippen LogP contribution in [-0.4, -0.2) is 12.6 Å². The van der Waals surface area contributed by atoms with Crippen LogP contribution in [0.5, 0.6) is 0 Å². The van der Waals surface area contributed by atoms with Crippen LogP contribution in [0.3, 0.4) is 0 Å². The average Bonchev–Trinajstić information content (AvgIpc) is 2.49. The van der Waals surface area contributed by atoms with Crippen LogP contribution in [0.2, 0.25) is 0 Å². The molecule has 0 unspecified atom stereocenters. The van der Waals surface area contributed by atoms with Crippen LogP contribution in [0.15, 0.2) is 0 Å². The molecule has 0 amide bonds. The van der Waals surface area contributed by atoms with Gasteiger partial charge in [-0.1, -0.05) is 32.6 Å². The van der Waals surface area contributed by atoms with Crippen molar-refractivity contribution in [2.75, 3.05) is 6.61 Å². The van der Waals surface area contributed by atoms with Gasteiger partial charge in [-0.15, -0.1) is 0 Å². The van der Waals surface area contributed by atoms with Gasteiger partial charge in [0, 0.05) is 0 Å². The Kier molecular flexibility index (Phi) is 6.38. The lowest BCUT2D eigenvalue weighted by Crippen LogP contribution is -2.29. The average molecular weight is 280 g/mol. The molecule has 2 fully saturated rings. The van der Waals surface area contributed by atoms with Gasteiger partial charge in [0.1, 0.15) is 0 Å². The van der Waals surface area contributed by atoms with E-state index in [1.165, 1.54) is 51.4 Å². The van der Waals surface area contributed by atoms with E-state index < -0.39 is 0 Å². The fraction of sp³-hybridized carbons (Fsp3) is 0.944. The lowest BCUT2D eigenvalue weighted by atomic mass is 9.69. The highest BCUT2D eigenvalue weighted by molar-refractivity contribution is 5.72. The molecule has 2 rings (SSSR count). The van der Waals surface area contributed by atoms with E-state index in [2.05, 4.69) is 6.92 Å². The van der Waals surface area contributed by atoms with E-state index in [-0.39, 0.29) is 11.9 Å². The maximum absolute atomic E-state index is 11.8. The van der Waals surface area contributed by atoms with Crippen molar-refractivity contribution in [2.24, 2.45) is 23.7 Å². The molecule has 0 bridgehead atoms. The number of hydrogen-bond donors (Lipinski definition) is 0. The molecular weight excluding hydrogens is 248 g/mol. The van der Waals surface area contributed by atoms with Gasteiger partial charge in [0.15, 0.2) is 0 Å². The summed E-state index contributed by atoms with van der Waals surface area (Å²) in [4.78, 5) is 11.8. The maximum atomic E-state index is 11.8. The molecule has 116 valence electrons. The fourth-order valence-electron chi connectivity index (χ4n) is 4.44. The van der Waals surface area contributed by atoms with Crippen LogP contribution in [0, 0.1) is 23.7 Å². The van der Waals surface area contributed by atoms with Gasteiger partial charge in [-0.2, -0.15) is 0 Å². The van der Waals surface area contributed by atoms with E-state index in [0.29, 0.717) is 6.61 Å². The SMILES string of the molecule is CCC[C@H]1CC[C@H]([C@H]2CC[C@H](C(=O)OCC)CC2)CC1. The minimum Gasteiger partial charge on any atom is -0.466 e. The Hall–Kier alpha value is -0.530. The van der Waals surface area contributed by atoms with E-state index in [4.69, 9.17) is 4.74 Å². The van der Waals surface area contributed by atoms with Gasteiger partial charge >= 0.3 is 5.97 Å². The number of carbonyl (C=O) groups excluding carboxylic acids is 1. The summed E-state index contributed by atoms with van der Waals surface area (Å²) < 4.78 is 5.16. The molecule has 0 spiro atoms. The van der Waals surface area contributed by atoms with E-state index in [0.717, 1.165) is 30.6 Å². The Labute approximate surface area is 124 Å². The standard InChI is InChI=1S/C18H32O2/c1-3-5-14-6-8-15(9-7-14)16-10-12-17(13-11-16)18(19)20-4-2/h14-17H,3-13H2,1-2H3/t14-,15-,16-,17-. The molecule has 0 atom stereocenters. The first-order valence-corrected chi connectivity index (χ1v) is 8.91. The molecule has 2 aliphatic rings. The van der Waals surface area contributed by atoms with Gasteiger partial charge in [0.25, 0.3) is 0 Å². The third-order valence-corrected chi connectivity index (χ3v) is 5.65. The number of esters is 1. The van der Waals surface area contributed by atoms with Crippen LogP contribution in [0.25, 0.3) is 0 Å². The molecule has 20 heavy (non-hydrogen) atoms. The van der Waals surface area contributed by atoms with Crippen LogP contribution >= 0.6 is 0 Å². The van der Waals surface area contributed by atoms with Crippen LogP contribution in [0.4, 0.5) is 0 Å². The summed E-state index contributed by atoms with van der Waals surface area (Å²) in [6.45, 7) is 4.74. The quantitative estimate of drug-likeness (QED) is 0.665. The summed E-state index contributed by atoms with van der Waals surface area (Å²) in [5, 5.41) is 0. The van der Waals surface area contributed by atoms with Gasteiger partial charge < -0.3 is 4.74 Å². The molecule has 0 aromatic heterocycles.